The van der Waals surface area contributed by atoms with E-state index in [9.17, 15) is 13.2 Å². The first-order valence-corrected chi connectivity index (χ1v) is 12.0. The van der Waals surface area contributed by atoms with E-state index in [4.69, 9.17) is 4.98 Å². The molecule has 9 nitrogen and oxygen atoms in total. The fraction of sp³-hybridized carbons (Fsp3) is 0.167. The van der Waals surface area contributed by atoms with Gasteiger partial charge in [0.15, 0.2) is 11.4 Å². The van der Waals surface area contributed by atoms with Crippen molar-refractivity contribution < 1.29 is 13.2 Å². The van der Waals surface area contributed by atoms with Crippen LogP contribution in [0, 0.1) is 5.41 Å². The van der Waals surface area contributed by atoms with Gasteiger partial charge in [0.2, 0.25) is 0 Å². The minimum absolute atomic E-state index is 0.0464. The molecule has 0 aliphatic heterocycles. The quantitative estimate of drug-likeness (QED) is 0.321. The van der Waals surface area contributed by atoms with Crippen LogP contribution in [-0.4, -0.2) is 39.1 Å². The highest BCUT2D eigenvalue weighted by molar-refractivity contribution is 7.92. The van der Waals surface area contributed by atoms with Crippen molar-refractivity contribution in [1.29, 1.82) is 0 Å². The molecule has 0 saturated heterocycles. The van der Waals surface area contributed by atoms with Crippen LogP contribution in [0.25, 0.3) is 33.3 Å². The minimum Gasteiger partial charge on any atom is -0.361 e. The SMILES string of the molecule is CC(C)(C)C(=O)c1c[nH]c2ncc(-c3cc(NS(=O)(=O)c4cccnc4)c4cc[nH]c4c3)nc12. The number of rotatable bonds is 5. The molecule has 4 aromatic heterocycles. The lowest BCUT2D eigenvalue weighted by molar-refractivity contribution is 0.0860. The van der Waals surface area contributed by atoms with Gasteiger partial charge in [-0.2, -0.15) is 0 Å². The van der Waals surface area contributed by atoms with Crippen molar-refractivity contribution in [3.05, 3.63) is 66.9 Å². The molecule has 0 atom stereocenters. The molecule has 5 aromatic rings. The van der Waals surface area contributed by atoms with Gasteiger partial charge >= 0.3 is 0 Å². The van der Waals surface area contributed by atoms with Gasteiger partial charge < -0.3 is 9.97 Å². The van der Waals surface area contributed by atoms with E-state index in [1.165, 1.54) is 18.5 Å². The first kappa shape index (κ1) is 21.8. The van der Waals surface area contributed by atoms with Crippen molar-refractivity contribution >= 4 is 43.6 Å². The van der Waals surface area contributed by atoms with E-state index < -0.39 is 15.4 Å². The normalized spacial score (nSPS) is 12.3. The Kier molecular flexibility index (Phi) is 4.98. The van der Waals surface area contributed by atoms with Crippen LogP contribution in [0.2, 0.25) is 0 Å². The molecule has 0 unspecified atom stereocenters. The lowest BCUT2D eigenvalue weighted by Gasteiger charge is -2.15. The molecular weight excluding hydrogens is 452 g/mol. The zero-order chi connectivity index (χ0) is 24.1. The highest BCUT2D eigenvalue weighted by Crippen LogP contribution is 2.32. The molecule has 0 radical (unpaired) electrons. The summed E-state index contributed by atoms with van der Waals surface area (Å²) in [6.07, 6.45) is 7.76. The first-order valence-electron chi connectivity index (χ1n) is 10.6. The molecule has 172 valence electrons. The number of anilines is 1. The molecule has 0 aliphatic carbocycles. The summed E-state index contributed by atoms with van der Waals surface area (Å²) >= 11 is 0. The summed E-state index contributed by atoms with van der Waals surface area (Å²) in [5.41, 5.74) is 3.14. The number of pyridine rings is 1. The van der Waals surface area contributed by atoms with Gasteiger partial charge in [0.05, 0.1) is 23.1 Å². The van der Waals surface area contributed by atoms with Crippen molar-refractivity contribution in [3.8, 4) is 11.3 Å². The fourth-order valence-corrected chi connectivity index (χ4v) is 4.75. The molecule has 0 spiro atoms. The van der Waals surface area contributed by atoms with Crippen LogP contribution < -0.4 is 4.72 Å². The maximum absolute atomic E-state index is 12.9. The standard InChI is InChI=1S/C24H22N6O3S/c1-24(2,3)22(31)17-12-27-23-21(17)29-20(13-28-23)14-9-18-16(6-8-26-18)19(10-14)30-34(32,33)15-5-4-7-25-11-15/h4-13,26,30H,1-3H3,(H,27,28). The van der Waals surface area contributed by atoms with Crippen LogP contribution in [0.3, 0.4) is 0 Å². The molecular formula is C24H22N6O3S. The van der Waals surface area contributed by atoms with Crippen LogP contribution in [-0.2, 0) is 10.0 Å². The lowest BCUT2D eigenvalue weighted by atomic mass is 9.87. The van der Waals surface area contributed by atoms with Crippen molar-refractivity contribution in [2.45, 2.75) is 25.7 Å². The number of carbonyl (C=O) groups is 1. The van der Waals surface area contributed by atoms with Crippen LogP contribution >= 0.6 is 0 Å². The summed E-state index contributed by atoms with van der Waals surface area (Å²) in [5.74, 6) is -0.0464. The Bertz CT molecular complexity index is 1650. The third-order valence-corrected chi connectivity index (χ3v) is 6.81. The average Bonchev–Trinajstić information content (AvgIpc) is 3.45. The molecule has 3 N–H and O–H groups in total. The van der Waals surface area contributed by atoms with Crippen LogP contribution in [0.5, 0.6) is 0 Å². The predicted octanol–water partition coefficient (Wildman–Crippen LogP) is 4.53. The first-order chi connectivity index (χ1) is 16.1. The van der Waals surface area contributed by atoms with Gasteiger partial charge in [0.1, 0.15) is 10.4 Å². The number of hydrogen-bond donors (Lipinski definition) is 3. The number of sulfonamides is 1. The van der Waals surface area contributed by atoms with Gasteiger partial charge in [-0.1, -0.05) is 20.8 Å². The fourth-order valence-electron chi connectivity index (χ4n) is 3.72. The molecule has 34 heavy (non-hydrogen) atoms. The maximum Gasteiger partial charge on any atom is 0.263 e. The molecule has 0 bridgehead atoms. The van der Waals surface area contributed by atoms with Gasteiger partial charge in [-0.25, -0.2) is 18.4 Å². The Morgan fingerprint density at radius 3 is 2.65 bits per heavy atom. The summed E-state index contributed by atoms with van der Waals surface area (Å²) in [6.45, 7) is 5.56. The summed E-state index contributed by atoms with van der Waals surface area (Å²) in [5, 5.41) is 0.704. The number of Topliss-reactive ketones (excluding diaryl/α,β-unsaturated/α-hetero) is 1. The predicted molar refractivity (Wildman–Crippen MR) is 130 cm³/mol. The smallest absolute Gasteiger partial charge is 0.263 e. The third kappa shape index (κ3) is 3.81. The number of aromatic nitrogens is 5. The third-order valence-electron chi connectivity index (χ3n) is 5.46. The Morgan fingerprint density at radius 1 is 1.09 bits per heavy atom. The van der Waals surface area contributed by atoms with Crippen molar-refractivity contribution in [3.63, 3.8) is 0 Å². The second kappa shape index (κ2) is 7.77. The highest BCUT2D eigenvalue weighted by atomic mass is 32.2. The van der Waals surface area contributed by atoms with E-state index >= 15 is 0 Å². The number of benzene rings is 1. The van der Waals surface area contributed by atoms with Gasteiger partial charge in [-0.15, -0.1) is 0 Å². The van der Waals surface area contributed by atoms with E-state index in [2.05, 4.69) is 24.7 Å². The van der Waals surface area contributed by atoms with Gasteiger partial charge in [-0.05, 0) is 30.3 Å². The number of aromatic amines is 2. The van der Waals surface area contributed by atoms with Crippen molar-refractivity contribution in [1.82, 2.24) is 24.9 Å². The van der Waals surface area contributed by atoms with E-state index in [-0.39, 0.29) is 10.7 Å². The topological polar surface area (TPSA) is 133 Å². The number of ketones is 1. The molecule has 5 rings (SSSR count). The molecule has 1 aromatic carbocycles. The largest absolute Gasteiger partial charge is 0.361 e. The van der Waals surface area contributed by atoms with Crippen LogP contribution in [0.15, 0.2) is 66.2 Å². The summed E-state index contributed by atoms with van der Waals surface area (Å²) in [7, 11) is -3.85. The number of hydrogen-bond acceptors (Lipinski definition) is 6. The second-order valence-electron chi connectivity index (χ2n) is 8.99. The maximum atomic E-state index is 12.9. The molecule has 4 heterocycles. The number of H-pyrrole nitrogens is 2. The van der Waals surface area contributed by atoms with Crippen molar-refractivity contribution in [2.75, 3.05) is 4.72 Å². The molecule has 0 amide bonds. The second-order valence-corrected chi connectivity index (χ2v) is 10.7. The Hall–Kier alpha value is -4.05. The molecule has 0 aliphatic rings. The zero-order valence-electron chi connectivity index (χ0n) is 18.7. The molecule has 0 fully saturated rings. The van der Waals surface area contributed by atoms with Crippen LogP contribution in [0.4, 0.5) is 5.69 Å². The summed E-state index contributed by atoms with van der Waals surface area (Å²) in [4.78, 5) is 32.1. The molecule has 0 saturated carbocycles. The van der Waals surface area contributed by atoms with Gasteiger partial charge in [0, 0.05) is 46.7 Å². The van der Waals surface area contributed by atoms with Crippen LogP contribution in [0.1, 0.15) is 31.1 Å². The monoisotopic (exact) mass is 474 g/mol. The van der Waals surface area contributed by atoms with E-state index in [1.54, 1.807) is 36.8 Å². The van der Waals surface area contributed by atoms with Crippen molar-refractivity contribution in [2.24, 2.45) is 5.41 Å². The van der Waals surface area contributed by atoms with E-state index in [0.717, 1.165) is 5.52 Å². The number of fused-ring (bicyclic) bond motifs is 2. The number of nitrogens with zero attached hydrogens (tertiary/aromatic N) is 3. The Morgan fingerprint density at radius 2 is 1.91 bits per heavy atom. The average molecular weight is 475 g/mol. The van der Waals surface area contributed by atoms with E-state index in [1.807, 2.05) is 26.8 Å². The minimum atomic E-state index is -3.85. The molecule has 10 heteroatoms. The number of carbonyl (C=O) groups excluding carboxylic acids is 1. The summed E-state index contributed by atoms with van der Waals surface area (Å²) < 4.78 is 28.5. The number of nitrogens with one attached hydrogen (secondary N) is 3. The highest BCUT2D eigenvalue weighted by Gasteiger charge is 2.26. The zero-order valence-corrected chi connectivity index (χ0v) is 19.6. The lowest BCUT2D eigenvalue weighted by Crippen LogP contribution is -2.20. The van der Waals surface area contributed by atoms with E-state index in [0.29, 0.717) is 39.1 Å². The van der Waals surface area contributed by atoms with Gasteiger partial charge in [-0.3, -0.25) is 14.5 Å². The Labute approximate surface area is 195 Å². The summed E-state index contributed by atoms with van der Waals surface area (Å²) in [6, 6.07) is 8.41. The Balaban J connectivity index is 1.62. The van der Waals surface area contributed by atoms with Gasteiger partial charge in [0.25, 0.3) is 10.0 Å².